The van der Waals surface area contributed by atoms with Gasteiger partial charge < -0.3 is 4.84 Å². The Bertz CT molecular complexity index is 489. The number of hydroxylamine groups is 1. The van der Waals surface area contributed by atoms with Crippen LogP contribution in [-0.2, 0) is 4.84 Å². The molecule has 0 fully saturated rings. The van der Waals surface area contributed by atoms with Crippen LogP contribution in [0.5, 0.6) is 0 Å². The lowest BCUT2D eigenvalue weighted by Gasteiger charge is -2.05. The third-order valence-corrected chi connectivity index (χ3v) is 2.19. The average Bonchev–Trinajstić information content (AvgIpc) is 2.46. The monoisotopic (exact) mass is 242 g/mol. The van der Waals surface area contributed by atoms with Gasteiger partial charge in [-0.1, -0.05) is 18.2 Å². The van der Waals surface area contributed by atoms with Gasteiger partial charge in [0, 0.05) is 18.0 Å². The number of rotatable bonds is 2. The van der Waals surface area contributed by atoms with Crippen LogP contribution in [0.1, 0.15) is 20.7 Å². The van der Waals surface area contributed by atoms with E-state index in [0.29, 0.717) is 11.1 Å². The molecule has 90 valence electrons. The minimum atomic E-state index is -0.613. The molecule has 0 aliphatic carbocycles. The highest BCUT2D eigenvalue weighted by Gasteiger charge is 2.10. The Morgan fingerprint density at radius 1 is 0.944 bits per heavy atom. The highest BCUT2D eigenvalue weighted by Crippen LogP contribution is 2.01. The molecule has 1 amide bonds. The zero-order valence-electron chi connectivity index (χ0n) is 9.37. The molecule has 0 bridgehead atoms. The van der Waals surface area contributed by atoms with Crippen molar-refractivity contribution in [2.24, 2.45) is 0 Å². The lowest BCUT2D eigenvalue weighted by atomic mass is 10.2. The third-order valence-electron chi connectivity index (χ3n) is 2.19. The molecule has 0 aliphatic rings. The molecule has 1 aromatic heterocycles. The van der Waals surface area contributed by atoms with Crippen LogP contribution in [0.3, 0.4) is 0 Å². The average molecular weight is 242 g/mol. The number of carbonyl (C=O) groups is 2. The smallest absolute Gasteiger partial charge is 0.335 e. The molecule has 5 heteroatoms. The molecule has 2 aromatic rings. The number of benzene rings is 1. The van der Waals surface area contributed by atoms with Crippen LogP contribution >= 0.6 is 0 Å². The topological polar surface area (TPSA) is 68.3 Å². The molecule has 5 nitrogen and oxygen atoms in total. The maximum absolute atomic E-state index is 11.6. The quantitative estimate of drug-likeness (QED) is 0.812. The van der Waals surface area contributed by atoms with Crippen molar-refractivity contribution in [3.63, 3.8) is 0 Å². The largest absolute Gasteiger partial charge is 0.362 e. The standard InChI is InChI=1S/C13H10N2O3/c16-12(10-6-8-14-9-7-10)15-18-13(17)11-4-2-1-3-5-11/h1-9H,(H,15,16). The third kappa shape index (κ3) is 2.91. The Balaban J connectivity index is 1.93. The summed E-state index contributed by atoms with van der Waals surface area (Å²) in [5.74, 6) is -1.11. The van der Waals surface area contributed by atoms with E-state index in [2.05, 4.69) is 15.3 Å². The molecule has 0 saturated heterocycles. The summed E-state index contributed by atoms with van der Waals surface area (Å²) in [6.07, 6.45) is 2.96. The zero-order valence-corrected chi connectivity index (χ0v) is 9.37. The van der Waals surface area contributed by atoms with Gasteiger partial charge in [-0.25, -0.2) is 4.79 Å². The first-order valence-electron chi connectivity index (χ1n) is 5.24. The van der Waals surface area contributed by atoms with Crippen LogP contribution in [0.4, 0.5) is 0 Å². The molecule has 1 N–H and O–H groups in total. The normalized spacial score (nSPS) is 9.56. The van der Waals surface area contributed by atoms with Crippen molar-refractivity contribution < 1.29 is 14.4 Å². The summed E-state index contributed by atoms with van der Waals surface area (Å²) in [7, 11) is 0. The number of carbonyl (C=O) groups excluding carboxylic acids is 2. The van der Waals surface area contributed by atoms with Crippen LogP contribution in [0.15, 0.2) is 54.9 Å². The van der Waals surface area contributed by atoms with E-state index in [4.69, 9.17) is 0 Å². The second-order valence-electron chi connectivity index (χ2n) is 3.42. The maximum atomic E-state index is 11.6. The summed E-state index contributed by atoms with van der Waals surface area (Å²) < 4.78 is 0. The lowest BCUT2D eigenvalue weighted by Crippen LogP contribution is -2.27. The van der Waals surface area contributed by atoms with Crippen molar-refractivity contribution in [2.45, 2.75) is 0 Å². The molecule has 0 saturated carbocycles. The van der Waals surface area contributed by atoms with Gasteiger partial charge in [-0.3, -0.25) is 9.78 Å². The first-order valence-corrected chi connectivity index (χ1v) is 5.24. The predicted molar refractivity (Wildman–Crippen MR) is 63.6 cm³/mol. The van der Waals surface area contributed by atoms with Crippen molar-refractivity contribution in [3.8, 4) is 0 Å². The van der Waals surface area contributed by atoms with Crippen LogP contribution in [0.2, 0.25) is 0 Å². The number of nitrogens with zero attached hydrogens (tertiary/aromatic N) is 1. The van der Waals surface area contributed by atoms with Gasteiger partial charge >= 0.3 is 5.97 Å². The molecular formula is C13H10N2O3. The Morgan fingerprint density at radius 3 is 2.28 bits per heavy atom. The molecule has 0 aliphatic heterocycles. The summed E-state index contributed by atoms with van der Waals surface area (Å²) in [6, 6.07) is 11.4. The van der Waals surface area contributed by atoms with Gasteiger partial charge in [0.05, 0.1) is 5.56 Å². The van der Waals surface area contributed by atoms with Gasteiger partial charge in [0.25, 0.3) is 5.91 Å². The van der Waals surface area contributed by atoms with Gasteiger partial charge in [-0.05, 0) is 24.3 Å². The van der Waals surface area contributed by atoms with E-state index >= 15 is 0 Å². The van der Waals surface area contributed by atoms with Crippen LogP contribution in [0.25, 0.3) is 0 Å². The SMILES string of the molecule is O=C(NOC(=O)c1ccccc1)c1ccncc1. The van der Waals surface area contributed by atoms with E-state index in [-0.39, 0.29) is 0 Å². The van der Waals surface area contributed by atoms with Crippen LogP contribution in [-0.4, -0.2) is 16.9 Å². The van der Waals surface area contributed by atoms with Crippen molar-refractivity contribution in [3.05, 3.63) is 66.0 Å². The Hall–Kier alpha value is -2.69. The summed E-state index contributed by atoms with van der Waals surface area (Å²) in [6.45, 7) is 0. The molecule has 1 aromatic carbocycles. The van der Waals surface area contributed by atoms with Crippen LogP contribution in [0, 0.1) is 0 Å². The second kappa shape index (κ2) is 5.58. The number of hydrogen-bond acceptors (Lipinski definition) is 4. The fourth-order valence-electron chi connectivity index (χ4n) is 1.29. The second-order valence-corrected chi connectivity index (χ2v) is 3.42. The minimum Gasteiger partial charge on any atom is -0.335 e. The first kappa shape index (κ1) is 11.8. The first-order chi connectivity index (χ1) is 8.77. The van der Waals surface area contributed by atoms with Gasteiger partial charge in [0.15, 0.2) is 0 Å². The highest BCUT2D eigenvalue weighted by atomic mass is 16.7. The molecule has 0 unspecified atom stereocenters. The zero-order chi connectivity index (χ0) is 12.8. The van der Waals surface area contributed by atoms with Crippen molar-refractivity contribution in [1.29, 1.82) is 0 Å². The van der Waals surface area contributed by atoms with Gasteiger partial charge in [-0.2, -0.15) is 5.48 Å². The van der Waals surface area contributed by atoms with Gasteiger partial charge in [0.1, 0.15) is 0 Å². The fourth-order valence-corrected chi connectivity index (χ4v) is 1.29. The fraction of sp³-hybridized carbons (Fsp3) is 0. The van der Waals surface area contributed by atoms with Crippen molar-refractivity contribution in [1.82, 2.24) is 10.5 Å². The number of aromatic nitrogens is 1. The van der Waals surface area contributed by atoms with E-state index in [0.717, 1.165) is 0 Å². The number of nitrogens with one attached hydrogen (secondary N) is 1. The number of hydrogen-bond donors (Lipinski definition) is 1. The van der Waals surface area contributed by atoms with E-state index in [1.165, 1.54) is 24.5 Å². The lowest BCUT2D eigenvalue weighted by molar-refractivity contribution is 0.0230. The van der Waals surface area contributed by atoms with Crippen LogP contribution < -0.4 is 5.48 Å². The molecule has 0 atom stereocenters. The van der Waals surface area contributed by atoms with Gasteiger partial charge in [-0.15, -0.1) is 0 Å². The van der Waals surface area contributed by atoms with E-state index < -0.39 is 11.9 Å². The van der Waals surface area contributed by atoms with E-state index in [1.54, 1.807) is 30.3 Å². The Kier molecular flexibility index (Phi) is 3.66. The maximum Gasteiger partial charge on any atom is 0.362 e. The summed E-state index contributed by atoms with van der Waals surface area (Å²) in [5, 5.41) is 0. The van der Waals surface area contributed by atoms with Crippen molar-refractivity contribution >= 4 is 11.9 Å². The highest BCUT2D eigenvalue weighted by molar-refractivity contribution is 5.95. The number of pyridine rings is 1. The number of amides is 1. The van der Waals surface area contributed by atoms with E-state index in [1.807, 2.05) is 0 Å². The summed E-state index contributed by atoms with van der Waals surface area (Å²) in [4.78, 5) is 31.6. The van der Waals surface area contributed by atoms with Gasteiger partial charge in [0.2, 0.25) is 0 Å². The predicted octanol–water partition coefficient (Wildman–Crippen LogP) is 1.58. The molecule has 0 radical (unpaired) electrons. The molecule has 18 heavy (non-hydrogen) atoms. The van der Waals surface area contributed by atoms with E-state index in [9.17, 15) is 9.59 Å². The molecule has 1 heterocycles. The molecule has 0 spiro atoms. The Labute approximate surface area is 103 Å². The summed E-state index contributed by atoms with van der Waals surface area (Å²) in [5.41, 5.74) is 2.82. The molecule has 2 rings (SSSR count). The Morgan fingerprint density at radius 2 is 1.61 bits per heavy atom. The van der Waals surface area contributed by atoms with Crippen molar-refractivity contribution in [2.75, 3.05) is 0 Å². The summed E-state index contributed by atoms with van der Waals surface area (Å²) >= 11 is 0. The minimum absolute atomic E-state index is 0.367. The molecular weight excluding hydrogens is 232 g/mol.